The minimum Gasteiger partial charge on any atom is -0.313 e. The van der Waals surface area contributed by atoms with Crippen LogP contribution in [0, 0.1) is 6.92 Å². The van der Waals surface area contributed by atoms with E-state index in [0.717, 1.165) is 11.1 Å². The lowest BCUT2D eigenvalue weighted by Gasteiger charge is -2.35. The third-order valence-electron chi connectivity index (χ3n) is 3.86. The van der Waals surface area contributed by atoms with Crippen molar-refractivity contribution >= 4 is 10.0 Å². The maximum absolute atomic E-state index is 13.0. The van der Waals surface area contributed by atoms with Crippen LogP contribution < -0.4 is 5.32 Å². The average molecular weight is 317 g/mol. The summed E-state index contributed by atoms with van der Waals surface area (Å²) in [5.41, 5.74) is 1.85. The Kier molecular flexibility index (Phi) is 4.24. The highest BCUT2D eigenvalue weighted by Crippen LogP contribution is 2.28. The molecule has 1 aliphatic heterocycles. The van der Waals surface area contributed by atoms with Crippen molar-refractivity contribution in [2.75, 3.05) is 19.6 Å². The van der Waals surface area contributed by atoms with Gasteiger partial charge in [0.2, 0.25) is 10.0 Å². The summed E-state index contributed by atoms with van der Waals surface area (Å²) in [6, 6.07) is 10.6. The lowest BCUT2D eigenvalue weighted by molar-refractivity contribution is 0.271. The van der Waals surface area contributed by atoms with Gasteiger partial charge in [0.25, 0.3) is 0 Å². The van der Waals surface area contributed by atoms with Gasteiger partial charge >= 0.3 is 0 Å². The number of aryl methyl sites for hydroxylation is 1. The van der Waals surface area contributed by atoms with Gasteiger partial charge in [-0.05, 0) is 36.2 Å². The first kappa shape index (κ1) is 15.1. The zero-order chi connectivity index (χ0) is 15.6. The van der Waals surface area contributed by atoms with Crippen molar-refractivity contribution in [3.63, 3.8) is 0 Å². The van der Waals surface area contributed by atoms with Crippen LogP contribution in [0.2, 0.25) is 0 Å². The minimum atomic E-state index is -3.52. The summed E-state index contributed by atoms with van der Waals surface area (Å²) in [6.07, 6.45) is 3.43. The number of nitrogens with zero attached hydrogens (tertiary/aromatic N) is 2. The molecular weight excluding hydrogens is 298 g/mol. The molecule has 1 aromatic heterocycles. The summed E-state index contributed by atoms with van der Waals surface area (Å²) in [6.45, 7) is 3.60. The van der Waals surface area contributed by atoms with Crippen molar-refractivity contribution in [1.82, 2.24) is 14.6 Å². The number of piperazine rings is 1. The smallest absolute Gasteiger partial charge is 0.243 e. The Morgan fingerprint density at radius 2 is 2.14 bits per heavy atom. The molecule has 6 heteroatoms. The molecule has 1 saturated heterocycles. The van der Waals surface area contributed by atoms with Crippen LogP contribution in [0.5, 0.6) is 0 Å². The van der Waals surface area contributed by atoms with E-state index in [1.54, 1.807) is 34.9 Å². The van der Waals surface area contributed by atoms with Crippen LogP contribution in [0.4, 0.5) is 0 Å². The fourth-order valence-electron chi connectivity index (χ4n) is 2.74. The van der Waals surface area contributed by atoms with Crippen LogP contribution in [0.3, 0.4) is 0 Å². The number of hydrogen-bond donors (Lipinski definition) is 1. The van der Waals surface area contributed by atoms with Gasteiger partial charge in [0, 0.05) is 32.0 Å². The van der Waals surface area contributed by atoms with E-state index < -0.39 is 10.0 Å². The highest BCUT2D eigenvalue weighted by Gasteiger charge is 2.34. The van der Waals surface area contributed by atoms with Crippen molar-refractivity contribution in [3.05, 3.63) is 59.9 Å². The summed E-state index contributed by atoms with van der Waals surface area (Å²) in [5, 5.41) is 3.26. The maximum atomic E-state index is 13.0. The molecule has 1 aromatic carbocycles. The Hall–Kier alpha value is -1.76. The van der Waals surface area contributed by atoms with Gasteiger partial charge in [-0.25, -0.2) is 8.42 Å². The molecule has 1 unspecified atom stereocenters. The topological polar surface area (TPSA) is 62.3 Å². The third kappa shape index (κ3) is 2.90. The number of aromatic nitrogens is 1. The van der Waals surface area contributed by atoms with Gasteiger partial charge in [0.15, 0.2) is 0 Å². The van der Waals surface area contributed by atoms with Crippen molar-refractivity contribution in [2.45, 2.75) is 17.9 Å². The van der Waals surface area contributed by atoms with Gasteiger partial charge in [-0.2, -0.15) is 4.31 Å². The Morgan fingerprint density at radius 3 is 2.86 bits per heavy atom. The van der Waals surface area contributed by atoms with Crippen LogP contribution in [0.1, 0.15) is 17.2 Å². The molecule has 0 saturated carbocycles. The second-order valence-corrected chi connectivity index (χ2v) is 7.33. The fraction of sp³-hybridized carbons (Fsp3) is 0.312. The SMILES string of the molecule is Cc1cccc(S(=O)(=O)N2CCNCC2c2cccnc2)c1. The van der Waals surface area contributed by atoms with E-state index in [1.807, 2.05) is 25.1 Å². The zero-order valence-electron chi connectivity index (χ0n) is 12.4. The molecule has 3 rings (SSSR count). The van der Waals surface area contributed by atoms with Gasteiger partial charge in [-0.15, -0.1) is 0 Å². The lowest BCUT2D eigenvalue weighted by atomic mass is 10.1. The molecule has 0 aliphatic carbocycles. The minimum absolute atomic E-state index is 0.229. The van der Waals surface area contributed by atoms with Crippen LogP contribution in [0.25, 0.3) is 0 Å². The van der Waals surface area contributed by atoms with Gasteiger partial charge < -0.3 is 5.32 Å². The lowest BCUT2D eigenvalue weighted by Crippen LogP contribution is -2.48. The molecule has 0 spiro atoms. The molecule has 5 nitrogen and oxygen atoms in total. The molecule has 0 radical (unpaired) electrons. The first-order valence-electron chi connectivity index (χ1n) is 7.28. The molecular formula is C16H19N3O2S. The molecule has 22 heavy (non-hydrogen) atoms. The van der Waals surface area contributed by atoms with Gasteiger partial charge in [0.05, 0.1) is 10.9 Å². The average Bonchev–Trinajstić information content (AvgIpc) is 2.56. The van der Waals surface area contributed by atoms with Crippen molar-refractivity contribution in [3.8, 4) is 0 Å². The number of sulfonamides is 1. The Labute approximate surface area is 131 Å². The predicted molar refractivity (Wildman–Crippen MR) is 84.9 cm³/mol. The Morgan fingerprint density at radius 1 is 1.27 bits per heavy atom. The quantitative estimate of drug-likeness (QED) is 0.936. The summed E-state index contributed by atoms with van der Waals surface area (Å²) >= 11 is 0. The second-order valence-electron chi connectivity index (χ2n) is 5.44. The van der Waals surface area contributed by atoms with E-state index in [4.69, 9.17) is 0 Å². The first-order valence-corrected chi connectivity index (χ1v) is 8.72. The monoisotopic (exact) mass is 317 g/mol. The van der Waals surface area contributed by atoms with Gasteiger partial charge in [0.1, 0.15) is 0 Å². The molecule has 1 atom stereocenters. The normalized spacial score (nSPS) is 20.0. The molecule has 1 N–H and O–H groups in total. The van der Waals surface area contributed by atoms with E-state index in [2.05, 4.69) is 10.3 Å². The highest BCUT2D eigenvalue weighted by atomic mass is 32.2. The summed E-state index contributed by atoms with van der Waals surface area (Å²) in [4.78, 5) is 4.46. The Bertz CT molecular complexity index is 747. The van der Waals surface area contributed by atoms with Crippen molar-refractivity contribution in [1.29, 1.82) is 0 Å². The molecule has 1 fully saturated rings. The maximum Gasteiger partial charge on any atom is 0.243 e. The van der Waals surface area contributed by atoms with Crippen LogP contribution in [-0.4, -0.2) is 37.3 Å². The largest absolute Gasteiger partial charge is 0.313 e. The number of benzene rings is 1. The molecule has 2 aromatic rings. The van der Waals surface area contributed by atoms with E-state index in [9.17, 15) is 8.42 Å². The molecule has 1 aliphatic rings. The van der Waals surface area contributed by atoms with E-state index >= 15 is 0 Å². The first-order chi connectivity index (χ1) is 10.6. The molecule has 116 valence electrons. The van der Waals surface area contributed by atoms with E-state index in [1.165, 1.54) is 0 Å². The number of hydrogen-bond acceptors (Lipinski definition) is 4. The van der Waals surface area contributed by atoms with Gasteiger partial charge in [-0.3, -0.25) is 4.98 Å². The van der Waals surface area contributed by atoms with E-state index in [-0.39, 0.29) is 6.04 Å². The molecule has 2 heterocycles. The summed E-state index contributed by atoms with van der Waals surface area (Å²) in [5.74, 6) is 0. The van der Waals surface area contributed by atoms with E-state index in [0.29, 0.717) is 24.5 Å². The van der Waals surface area contributed by atoms with Crippen LogP contribution in [0.15, 0.2) is 53.7 Å². The number of rotatable bonds is 3. The highest BCUT2D eigenvalue weighted by molar-refractivity contribution is 7.89. The number of pyridine rings is 1. The standard InChI is InChI=1S/C16H19N3O2S/c1-13-4-2-6-15(10-13)22(20,21)19-9-8-18-12-16(19)14-5-3-7-17-11-14/h2-7,10-11,16,18H,8-9,12H2,1H3. The van der Waals surface area contributed by atoms with Crippen LogP contribution in [-0.2, 0) is 10.0 Å². The Balaban J connectivity index is 2.00. The van der Waals surface area contributed by atoms with Gasteiger partial charge in [-0.1, -0.05) is 18.2 Å². The zero-order valence-corrected chi connectivity index (χ0v) is 13.3. The second kappa shape index (κ2) is 6.16. The van der Waals surface area contributed by atoms with Crippen molar-refractivity contribution in [2.24, 2.45) is 0 Å². The van der Waals surface area contributed by atoms with Crippen LogP contribution >= 0.6 is 0 Å². The summed E-state index contributed by atoms with van der Waals surface area (Å²) < 4.78 is 27.6. The summed E-state index contributed by atoms with van der Waals surface area (Å²) in [7, 11) is -3.52. The van der Waals surface area contributed by atoms with Crippen molar-refractivity contribution < 1.29 is 8.42 Å². The molecule has 0 bridgehead atoms. The third-order valence-corrected chi connectivity index (χ3v) is 5.76. The fourth-order valence-corrected chi connectivity index (χ4v) is 4.46. The molecule has 0 amide bonds. The number of nitrogens with one attached hydrogen (secondary N) is 1. The predicted octanol–water partition coefficient (Wildman–Crippen LogP) is 1.73.